The normalized spacial score (nSPS) is 10.6. The first-order chi connectivity index (χ1) is 8.78. The van der Waals surface area contributed by atoms with Gasteiger partial charge in [-0.1, -0.05) is 0 Å². The average Bonchev–Trinajstić information content (AvgIpc) is 2.80. The van der Waals surface area contributed by atoms with Crippen molar-refractivity contribution in [3.05, 3.63) is 48.5 Å². The Labute approximate surface area is 120 Å². The fourth-order valence-electron chi connectivity index (χ4n) is 1.85. The summed E-state index contributed by atoms with van der Waals surface area (Å²) in [7, 11) is 0. The number of rotatable bonds is 2. The van der Waals surface area contributed by atoms with Gasteiger partial charge < -0.3 is 0 Å². The summed E-state index contributed by atoms with van der Waals surface area (Å²) in [5.74, 6) is 0. The molecule has 0 radical (unpaired) electrons. The summed E-state index contributed by atoms with van der Waals surface area (Å²) in [6, 6.07) is 9.79. The van der Waals surface area contributed by atoms with Crippen LogP contribution in [0.2, 0.25) is 0 Å². The van der Waals surface area contributed by atoms with E-state index in [1.54, 1.807) is 12.3 Å². The number of nitrogens with zero attached hydrogens (tertiary/aromatic N) is 3. The average molecular weight is 427 g/mol. The van der Waals surface area contributed by atoms with E-state index in [2.05, 4.69) is 18.4 Å². The van der Waals surface area contributed by atoms with Gasteiger partial charge in [0.25, 0.3) is 0 Å². The van der Waals surface area contributed by atoms with Gasteiger partial charge in [0.15, 0.2) is 0 Å². The van der Waals surface area contributed by atoms with E-state index in [1.807, 2.05) is 24.5 Å². The molecule has 0 aliphatic rings. The molecule has 0 fully saturated rings. The summed E-state index contributed by atoms with van der Waals surface area (Å²) < 4.78 is 2.14. The van der Waals surface area contributed by atoms with Gasteiger partial charge >= 0.3 is 120 Å². The summed E-state index contributed by atoms with van der Waals surface area (Å²) in [5, 5.41) is 0. The van der Waals surface area contributed by atoms with Crippen LogP contribution in [0.1, 0.15) is 10.5 Å². The van der Waals surface area contributed by atoms with Crippen molar-refractivity contribution in [3.8, 4) is 11.1 Å². The van der Waals surface area contributed by atoms with Crippen molar-refractivity contribution in [2.45, 2.75) is 0 Å². The topological polar surface area (TPSA) is 47.8 Å². The molecule has 0 amide bonds. The molecular formula is C13H8N3OTl. The molecule has 4 nitrogen and oxygen atoms in total. The summed E-state index contributed by atoms with van der Waals surface area (Å²) in [6.07, 6.45) is 4.34. The number of pyridine rings is 1. The quantitative estimate of drug-likeness (QED) is 0.464. The summed E-state index contributed by atoms with van der Waals surface area (Å²) >= 11 is 0.700. The molecule has 3 aromatic rings. The monoisotopic (exact) mass is 427 g/mol. The van der Waals surface area contributed by atoms with Gasteiger partial charge in [-0.15, -0.1) is 0 Å². The number of benzene rings is 1. The molecule has 84 valence electrons. The van der Waals surface area contributed by atoms with Crippen LogP contribution in [0.25, 0.3) is 22.2 Å². The zero-order valence-electron chi connectivity index (χ0n) is 9.45. The van der Waals surface area contributed by atoms with Gasteiger partial charge in [-0.2, -0.15) is 0 Å². The molecule has 5 heteroatoms. The molecule has 0 unspecified atom stereocenters. The Morgan fingerprint density at radius 3 is 2.67 bits per heavy atom. The van der Waals surface area contributed by atoms with Crippen molar-refractivity contribution in [3.63, 3.8) is 0 Å². The Bertz CT molecular complexity index is 719. The van der Waals surface area contributed by atoms with Gasteiger partial charge in [-0.05, 0) is 0 Å². The molecule has 18 heavy (non-hydrogen) atoms. The second-order valence-corrected chi connectivity index (χ2v) is 6.11. The third-order valence-corrected chi connectivity index (χ3v) is 4.41. The van der Waals surface area contributed by atoms with E-state index in [0.29, 0.717) is 31.8 Å². The van der Waals surface area contributed by atoms with Crippen LogP contribution in [-0.2, 0) is 0 Å². The number of hydrogen-bond acceptors (Lipinski definition) is 3. The Balaban J connectivity index is 2.12. The van der Waals surface area contributed by atoms with Gasteiger partial charge in [0, 0.05) is 0 Å². The van der Waals surface area contributed by atoms with Gasteiger partial charge in [-0.25, -0.2) is 0 Å². The second-order valence-electron chi connectivity index (χ2n) is 3.94. The standard InChI is InChI=1S/C13H9N3O.Tl/c17-7-11-3-1-10(6-14-11)9-2-4-12-13(5-9)16-8-15-12;/h1-8H,(H,15,16,17);/q;+1/p-1. The van der Waals surface area contributed by atoms with Crippen molar-refractivity contribution in [1.82, 2.24) is 12.3 Å². The van der Waals surface area contributed by atoms with E-state index in [9.17, 15) is 4.79 Å². The number of hydrogen-bond donors (Lipinski definition) is 0. The van der Waals surface area contributed by atoms with E-state index >= 15 is 0 Å². The van der Waals surface area contributed by atoms with Crippen LogP contribution >= 0.6 is 0 Å². The first kappa shape index (κ1) is 11.5. The number of imidazole rings is 1. The Hall–Kier alpha value is -1.57. The number of aromatic nitrogens is 3. The zero-order valence-corrected chi connectivity index (χ0v) is 13.9. The molecule has 0 saturated carbocycles. The summed E-state index contributed by atoms with van der Waals surface area (Å²) in [5.41, 5.74) is 4.72. The Kier molecular flexibility index (Phi) is 2.94. The minimum atomic E-state index is 0.453. The SMILES string of the molecule is O=Cc1ccc(-c2ccc3nc[n]([Tl])c3c2)cn1. The molecule has 0 atom stereocenters. The van der Waals surface area contributed by atoms with Crippen LogP contribution in [0.5, 0.6) is 0 Å². The number of fused-ring (bicyclic) bond motifs is 1. The van der Waals surface area contributed by atoms with E-state index < -0.39 is 0 Å². The third kappa shape index (κ3) is 1.96. The fourth-order valence-corrected chi connectivity index (χ4v) is 2.91. The molecule has 0 spiro atoms. The van der Waals surface area contributed by atoms with Crippen LogP contribution in [-0.4, -0.2) is 44.7 Å². The van der Waals surface area contributed by atoms with Gasteiger partial charge in [-0.3, -0.25) is 0 Å². The number of carbonyl (C=O) groups excluding carboxylic acids is 1. The molecule has 0 aliphatic heterocycles. The van der Waals surface area contributed by atoms with E-state index in [-0.39, 0.29) is 0 Å². The van der Waals surface area contributed by atoms with Crippen molar-refractivity contribution in [2.75, 3.05) is 0 Å². The first-order valence-electron chi connectivity index (χ1n) is 5.42. The minimum absolute atomic E-state index is 0.453. The second kappa shape index (κ2) is 4.60. The predicted molar refractivity (Wildman–Crippen MR) is 69.5 cm³/mol. The molecule has 1 aromatic carbocycles. The molecule has 0 N–H and O–H groups in total. The van der Waals surface area contributed by atoms with Crippen LogP contribution in [0, 0.1) is 0 Å². The van der Waals surface area contributed by atoms with Crippen LogP contribution in [0.15, 0.2) is 42.9 Å². The molecule has 2 heterocycles. The fraction of sp³-hybridized carbons (Fsp3) is 0. The molecule has 3 rings (SSSR count). The number of carbonyl (C=O) groups is 1. The Morgan fingerprint density at radius 1 is 1.11 bits per heavy atom. The van der Waals surface area contributed by atoms with Crippen molar-refractivity contribution >= 4 is 43.4 Å². The molecule has 0 bridgehead atoms. The summed E-state index contributed by atoms with van der Waals surface area (Å²) in [4.78, 5) is 19.0. The van der Waals surface area contributed by atoms with Crippen molar-refractivity contribution in [2.24, 2.45) is 0 Å². The molecular weight excluding hydrogens is 419 g/mol. The maximum atomic E-state index is 10.6. The van der Waals surface area contributed by atoms with E-state index in [1.165, 1.54) is 0 Å². The zero-order chi connectivity index (χ0) is 12.5. The molecule has 0 aliphatic carbocycles. The predicted octanol–water partition coefficient (Wildman–Crippen LogP) is 1.84. The van der Waals surface area contributed by atoms with Crippen LogP contribution < -0.4 is 0 Å². The maximum absolute atomic E-state index is 10.6. The van der Waals surface area contributed by atoms with Gasteiger partial charge in [0.2, 0.25) is 0 Å². The van der Waals surface area contributed by atoms with Crippen molar-refractivity contribution < 1.29 is 4.79 Å². The van der Waals surface area contributed by atoms with Crippen LogP contribution in [0.3, 0.4) is 0 Å². The van der Waals surface area contributed by atoms with Gasteiger partial charge in [0.05, 0.1) is 0 Å². The third-order valence-electron chi connectivity index (χ3n) is 2.82. The van der Waals surface area contributed by atoms with Crippen molar-refractivity contribution in [1.29, 1.82) is 0 Å². The van der Waals surface area contributed by atoms with Crippen LogP contribution in [0.4, 0.5) is 0 Å². The van der Waals surface area contributed by atoms with E-state index in [0.717, 1.165) is 28.4 Å². The summed E-state index contributed by atoms with van der Waals surface area (Å²) in [6.45, 7) is 0. The first-order valence-corrected chi connectivity index (χ1v) is 7.42. The molecule has 2 aromatic heterocycles. The number of aldehydes is 1. The van der Waals surface area contributed by atoms with Gasteiger partial charge in [0.1, 0.15) is 0 Å². The molecule has 0 saturated heterocycles. The van der Waals surface area contributed by atoms with E-state index in [4.69, 9.17) is 0 Å². The Morgan fingerprint density at radius 2 is 1.94 bits per heavy atom.